The number of para-hydroxylation sites is 4. The molecule has 202 valence electrons. The van der Waals surface area contributed by atoms with E-state index in [1.54, 1.807) is 0 Å². The maximum Gasteiger partial charge on any atom is 0.0917 e. The van der Waals surface area contributed by atoms with Gasteiger partial charge in [0, 0.05) is 44.1 Å². The van der Waals surface area contributed by atoms with E-state index in [0.717, 1.165) is 11.4 Å². The van der Waals surface area contributed by atoms with Crippen molar-refractivity contribution in [3.05, 3.63) is 132 Å². The predicted molar refractivity (Wildman–Crippen MR) is 171 cm³/mol. The lowest BCUT2D eigenvalue weighted by Gasteiger charge is -2.22. The summed E-state index contributed by atoms with van der Waals surface area (Å²) in [4.78, 5) is 10.4. The van der Waals surface area contributed by atoms with Gasteiger partial charge in [-0.1, -0.05) is 100 Å². The summed E-state index contributed by atoms with van der Waals surface area (Å²) in [6.45, 7) is 9.33. The van der Waals surface area contributed by atoms with E-state index in [0.29, 0.717) is 0 Å². The summed E-state index contributed by atoms with van der Waals surface area (Å²) in [7, 11) is 0. The molecular formula is C38H30N4. The summed E-state index contributed by atoms with van der Waals surface area (Å²) < 4.78 is 4.89. The fourth-order valence-electron chi connectivity index (χ4n) is 7.94. The third-order valence-electron chi connectivity index (χ3n) is 9.72. The molecule has 0 aliphatic carbocycles. The van der Waals surface area contributed by atoms with E-state index in [9.17, 15) is 0 Å². The van der Waals surface area contributed by atoms with Gasteiger partial charge in [-0.3, -0.25) is 4.98 Å². The Kier molecular flexibility index (Phi) is 4.44. The number of nitrogens with zero attached hydrogens (tertiary/aromatic N) is 4. The van der Waals surface area contributed by atoms with Crippen LogP contribution in [-0.2, 0) is 10.8 Å². The van der Waals surface area contributed by atoms with Crippen molar-refractivity contribution in [2.45, 2.75) is 38.5 Å². The smallest absolute Gasteiger partial charge is 0.0917 e. The first kappa shape index (κ1) is 23.7. The summed E-state index contributed by atoms with van der Waals surface area (Å²) in [5, 5.41) is 2.42. The Morgan fingerprint density at radius 2 is 0.905 bits per heavy atom. The van der Waals surface area contributed by atoms with Gasteiger partial charge in [-0.05, 0) is 35.4 Å². The van der Waals surface area contributed by atoms with Crippen LogP contribution in [0.4, 0.5) is 0 Å². The predicted octanol–water partition coefficient (Wildman–Crippen LogP) is 8.98. The maximum absolute atomic E-state index is 5.48. The van der Waals surface area contributed by atoms with Crippen LogP contribution in [0.2, 0.25) is 0 Å². The quantitative estimate of drug-likeness (QED) is 0.219. The van der Waals surface area contributed by atoms with Gasteiger partial charge in [-0.2, -0.15) is 0 Å². The monoisotopic (exact) mass is 542 g/mol. The van der Waals surface area contributed by atoms with Crippen LogP contribution in [0.1, 0.15) is 50.2 Å². The Bertz CT molecular complexity index is 2100. The Hall–Kier alpha value is -4.96. The maximum atomic E-state index is 5.48. The second kappa shape index (κ2) is 7.86. The highest BCUT2D eigenvalue weighted by molar-refractivity contribution is 6.03. The minimum Gasteiger partial charge on any atom is -0.312 e. The second-order valence-electron chi connectivity index (χ2n) is 12.7. The van der Waals surface area contributed by atoms with E-state index in [-0.39, 0.29) is 10.8 Å². The molecule has 0 radical (unpaired) electrons. The molecular weight excluding hydrogens is 512 g/mol. The molecule has 4 aromatic carbocycles. The van der Waals surface area contributed by atoms with Crippen molar-refractivity contribution in [1.82, 2.24) is 19.1 Å². The molecule has 0 N–H and O–H groups in total. The molecule has 0 saturated heterocycles. The van der Waals surface area contributed by atoms with Crippen molar-refractivity contribution in [1.29, 1.82) is 0 Å². The number of fused-ring (bicyclic) bond motifs is 10. The van der Waals surface area contributed by atoms with Crippen molar-refractivity contribution in [2.24, 2.45) is 0 Å². The summed E-state index contributed by atoms with van der Waals surface area (Å²) >= 11 is 0. The van der Waals surface area contributed by atoms with Gasteiger partial charge in [0.2, 0.25) is 0 Å². The minimum absolute atomic E-state index is 0.184. The average molecular weight is 543 g/mol. The lowest BCUT2D eigenvalue weighted by molar-refractivity contribution is 0.645. The highest BCUT2D eigenvalue weighted by atomic mass is 15.1. The molecule has 0 bridgehead atoms. The molecule has 0 atom stereocenters. The zero-order valence-corrected chi connectivity index (χ0v) is 24.2. The van der Waals surface area contributed by atoms with Gasteiger partial charge < -0.3 is 9.13 Å². The average Bonchev–Trinajstić information content (AvgIpc) is 3.68. The molecule has 4 heteroatoms. The van der Waals surface area contributed by atoms with Crippen molar-refractivity contribution < 1.29 is 0 Å². The molecule has 0 amide bonds. The van der Waals surface area contributed by atoms with Gasteiger partial charge in [0.25, 0.3) is 0 Å². The SMILES string of the molecule is CC1(C)c2ccccc2-n2c1c(-c1cncc(-c3c4n(c5ccccc35)-c3ccccc3C4(C)C)n1)c1ccccc12. The lowest BCUT2D eigenvalue weighted by Crippen LogP contribution is -2.17. The Labute approximate surface area is 244 Å². The van der Waals surface area contributed by atoms with Crippen LogP contribution in [0.3, 0.4) is 0 Å². The number of benzene rings is 4. The van der Waals surface area contributed by atoms with Crippen molar-refractivity contribution in [3.63, 3.8) is 0 Å². The Balaban J connectivity index is 1.35. The first-order valence-corrected chi connectivity index (χ1v) is 14.7. The molecule has 0 saturated carbocycles. The summed E-state index contributed by atoms with van der Waals surface area (Å²) in [6, 6.07) is 35.0. The van der Waals surface area contributed by atoms with Crippen molar-refractivity contribution >= 4 is 21.8 Å². The van der Waals surface area contributed by atoms with E-state index in [4.69, 9.17) is 9.97 Å². The van der Waals surface area contributed by atoms with Gasteiger partial charge in [0.15, 0.2) is 0 Å². The molecule has 7 aromatic rings. The Morgan fingerprint density at radius 1 is 0.500 bits per heavy atom. The van der Waals surface area contributed by atoms with Crippen LogP contribution < -0.4 is 0 Å². The number of hydrogen-bond acceptors (Lipinski definition) is 2. The van der Waals surface area contributed by atoms with Gasteiger partial charge in [0.05, 0.1) is 46.2 Å². The molecule has 0 fully saturated rings. The molecule has 4 nitrogen and oxygen atoms in total. The van der Waals surface area contributed by atoms with Gasteiger partial charge >= 0.3 is 0 Å². The van der Waals surface area contributed by atoms with Gasteiger partial charge in [-0.15, -0.1) is 0 Å². The van der Waals surface area contributed by atoms with Gasteiger partial charge in [-0.25, -0.2) is 4.98 Å². The van der Waals surface area contributed by atoms with Crippen LogP contribution in [0, 0.1) is 0 Å². The minimum atomic E-state index is -0.184. The van der Waals surface area contributed by atoms with Crippen LogP contribution in [0.5, 0.6) is 0 Å². The number of aromatic nitrogens is 4. The van der Waals surface area contributed by atoms with Crippen LogP contribution in [0.25, 0.3) is 55.7 Å². The highest BCUT2D eigenvalue weighted by Gasteiger charge is 2.42. The zero-order valence-electron chi connectivity index (χ0n) is 24.2. The topological polar surface area (TPSA) is 35.6 Å². The molecule has 0 unspecified atom stereocenters. The lowest BCUT2D eigenvalue weighted by atomic mass is 9.80. The Morgan fingerprint density at radius 3 is 1.38 bits per heavy atom. The fourth-order valence-corrected chi connectivity index (χ4v) is 7.94. The molecule has 2 aliphatic heterocycles. The second-order valence-corrected chi connectivity index (χ2v) is 12.7. The standard InChI is InChI=1S/C38H30N4/c1-37(2)25-15-7-11-19-31(25)41-29-17-9-5-13-23(29)33(35(37)41)27-21-39-22-28(40-27)34-24-14-6-10-18-30(24)42-32-20-12-8-16-26(32)38(3,4)36(34)42/h5-22H,1-4H3. The molecule has 3 aromatic heterocycles. The molecule has 2 aliphatic rings. The van der Waals surface area contributed by atoms with Crippen LogP contribution in [0.15, 0.2) is 109 Å². The molecule has 9 rings (SSSR count). The van der Waals surface area contributed by atoms with Crippen LogP contribution in [-0.4, -0.2) is 19.1 Å². The highest BCUT2D eigenvalue weighted by Crippen LogP contribution is 2.53. The van der Waals surface area contributed by atoms with E-state index < -0.39 is 0 Å². The molecule has 42 heavy (non-hydrogen) atoms. The van der Waals surface area contributed by atoms with E-state index in [1.165, 1.54) is 66.8 Å². The third kappa shape index (κ3) is 2.77. The largest absolute Gasteiger partial charge is 0.312 e. The summed E-state index contributed by atoms with van der Waals surface area (Å²) in [5.41, 5.74) is 13.9. The molecule has 5 heterocycles. The number of hydrogen-bond donors (Lipinski definition) is 0. The summed E-state index contributed by atoms with van der Waals surface area (Å²) in [5.74, 6) is 0. The van der Waals surface area contributed by atoms with Crippen molar-refractivity contribution in [3.8, 4) is 33.9 Å². The van der Waals surface area contributed by atoms with Crippen LogP contribution >= 0.6 is 0 Å². The van der Waals surface area contributed by atoms with E-state index >= 15 is 0 Å². The first-order valence-electron chi connectivity index (χ1n) is 14.7. The van der Waals surface area contributed by atoms with Gasteiger partial charge in [0.1, 0.15) is 0 Å². The fraction of sp³-hybridized carbons (Fsp3) is 0.158. The van der Waals surface area contributed by atoms with E-state index in [2.05, 4.69) is 134 Å². The third-order valence-corrected chi connectivity index (χ3v) is 9.72. The van der Waals surface area contributed by atoms with Crippen molar-refractivity contribution in [2.75, 3.05) is 0 Å². The first-order chi connectivity index (χ1) is 20.4. The van der Waals surface area contributed by atoms with E-state index in [1.807, 2.05) is 12.4 Å². The normalized spacial score (nSPS) is 15.5. The number of rotatable bonds is 2. The summed E-state index contributed by atoms with van der Waals surface area (Å²) in [6.07, 6.45) is 3.90. The zero-order chi connectivity index (χ0) is 28.4. The molecule has 0 spiro atoms.